The van der Waals surface area contributed by atoms with E-state index in [4.69, 9.17) is 4.74 Å². The third kappa shape index (κ3) is 5.59. The highest BCUT2D eigenvalue weighted by Gasteiger charge is 2.11. The number of nitrogens with zero attached hydrogens (tertiary/aromatic N) is 3. The van der Waals surface area contributed by atoms with Crippen molar-refractivity contribution in [3.63, 3.8) is 0 Å². The van der Waals surface area contributed by atoms with Crippen LogP contribution in [-0.2, 0) is 6.54 Å². The Morgan fingerprint density at radius 2 is 1.59 bits per heavy atom. The second kappa shape index (κ2) is 9.75. The highest BCUT2D eigenvalue weighted by molar-refractivity contribution is 5.99. The molecule has 0 aliphatic rings. The molecule has 4 rings (SSSR count). The van der Waals surface area contributed by atoms with Gasteiger partial charge in [-0.25, -0.2) is 22.9 Å². The van der Waals surface area contributed by atoms with Crippen molar-refractivity contribution < 1.29 is 22.7 Å². The number of hydrogen-bond donors (Lipinski definition) is 2. The Balaban J connectivity index is 1.44. The summed E-state index contributed by atoms with van der Waals surface area (Å²) >= 11 is 0. The van der Waals surface area contributed by atoms with Crippen LogP contribution in [0.1, 0.15) is 5.69 Å². The lowest BCUT2D eigenvalue weighted by Gasteiger charge is -2.11. The van der Waals surface area contributed by atoms with E-state index in [9.17, 15) is 18.0 Å². The number of carbonyl (C=O) groups is 1. The van der Waals surface area contributed by atoms with Gasteiger partial charge in [-0.15, -0.1) is 0 Å². The Kier molecular flexibility index (Phi) is 6.60. The molecule has 0 radical (unpaired) electrons. The smallest absolute Gasteiger partial charge is 0.323 e. The van der Waals surface area contributed by atoms with Crippen LogP contribution in [0.4, 0.5) is 29.3 Å². The number of anilines is 2. The summed E-state index contributed by atoms with van der Waals surface area (Å²) in [5.74, 6) is -2.52. The molecule has 4 aromatic rings. The number of amides is 2. The van der Waals surface area contributed by atoms with Gasteiger partial charge in [-0.1, -0.05) is 0 Å². The summed E-state index contributed by atoms with van der Waals surface area (Å²) in [5.41, 5.74) is 2.27. The normalized spacial score (nSPS) is 11.0. The van der Waals surface area contributed by atoms with E-state index in [1.807, 2.05) is 19.0 Å². The van der Waals surface area contributed by atoms with Crippen molar-refractivity contribution in [2.45, 2.75) is 6.54 Å². The van der Waals surface area contributed by atoms with Crippen molar-refractivity contribution in [2.75, 3.05) is 24.7 Å². The van der Waals surface area contributed by atoms with Gasteiger partial charge in [-0.2, -0.15) is 0 Å². The molecule has 0 aliphatic heterocycles. The van der Waals surface area contributed by atoms with E-state index in [0.29, 0.717) is 23.3 Å². The van der Waals surface area contributed by atoms with Crippen LogP contribution in [0.5, 0.6) is 11.5 Å². The molecule has 174 valence electrons. The summed E-state index contributed by atoms with van der Waals surface area (Å²) in [6, 6.07) is 11.1. The average Bonchev–Trinajstić information content (AvgIpc) is 2.77. The van der Waals surface area contributed by atoms with Crippen LogP contribution in [0.15, 0.2) is 60.8 Å². The van der Waals surface area contributed by atoms with Gasteiger partial charge in [0.05, 0.1) is 22.9 Å². The van der Waals surface area contributed by atoms with E-state index in [2.05, 4.69) is 20.6 Å². The van der Waals surface area contributed by atoms with Crippen molar-refractivity contribution in [1.82, 2.24) is 14.9 Å². The van der Waals surface area contributed by atoms with Crippen molar-refractivity contribution in [1.29, 1.82) is 0 Å². The summed E-state index contributed by atoms with van der Waals surface area (Å²) in [7, 11) is 3.86. The largest absolute Gasteiger partial charge is 0.454 e. The number of aromatic nitrogens is 2. The first-order valence-electron chi connectivity index (χ1n) is 10.2. The van der Waals surface area contributed by atoms with Crippen molar-refractivity contribution >= 4 is 28.4 Å². The van der Waals surface area contributed by atoms with Gasteiger partial charge in [0.2, 0.25) is 0 Å². The van der Waals surface area contributed by atoms with E-state index in [1.54, 1.807) is 24.4 Å². The van der Waals surface area contributed by atoms with E-state index in [1.165, 1.54) is 18.2 Å². The molecule has 1 heterocycles. The standard InChI is InChI=1S/C24H20F3N5O2/c1-32(2)13-16-12-28-21-7-5-17(11-22(21)29-16)34-23-8-4-15(10-20(23)27)31-24(33)30-14-3-6-18(25)19(26)9-14/h3-12H,13H2,1-2H3,(H2,30,31,33). The first-order chi connectivity index (χ1) is 16.3. The fourth-order valence-electron chi connectivity index (χ4n) is 3.15. The monoisotopic (exact) mass is 467 g/mol. The molecule has 1 aromatic heterocycles. The number of hydrogen-bond acceptors (Lipinski definition) is 5. The highest BCUT2D eigenvalue weighted by Crippen LogP contribution is 2.28. The van der Waals surface area contributed by atoms with Crippen LogP contribution in [0, 0.1) is 17.5 Å². The molecular weight excluding hydrogens is 447 g/mol. The summed E-state index contributed by atoms with van der Waals surface area (Å²) in [6.45, 7) is 0.626. The third-order valence-electron chi connectivity index (χ3n) is 4.64. The summed E-state index contributed by atoms with van der Waals surface area (Å²) in [4.78, 5) is 23.0. The zero-order valence-electron chi connectivity index (χ0n) is 18.3. The number of benzene rings is 3. The van der Waals surface area contributed by atoms with Gasteiger partial charge in [0, 0.05) is 36.1 Å². The fourth-order valence-corrected chi connectivity index (χ4v) is 3.15. The molecule has 10 heteroatoms. The van der Waals surface area contributed by atoms with Crippen LogP contribution in [0.3, 0.4) is 0 Å². The molecule has 0 spiro atoms. The number of halogens is 3. The lowest BCUT2D eigenvalue weighted by atomic mass is 10.2. The Labute approximate surface area is 193 Å². The van der Waals surface area contributed by atoms with Crippen LogP contribution in [0.2, 0.25) is 0 Å². The number of rotatable bonds is 6. The lowest BCUT2D eigenvalue weighted by molar-refractivity contribution is 0.262. The number of carbonyl (C=O) groups excluding carboxylic acids is 1. The fraction of sp³-hybridized carbons (Fsp3) is 0.125. The van der Waals surface area contributed by atoms with Crippen LogP contribution >= 0.6 is 0 Å². The van der Waals surface area contributed by atoms with E-state index < -0.39 is 23.5 Å². The predicted molar refractivity (Wildman–Crippen MR) is 122 cm³/mol. The number of nitrogens with one attached hydrogen (secondary N) is 2. The van der Waals surface area contributed by atoms with Gasteiger partial charge in [0.1, 0.15) is 5.75 Å². The SMILES string of the molecule is CN(C)Cc1cnc2ccc(Oc3ccc(NC(=O)Nc4ccc(F)c(F)c4)cc3F)cc2n1. The molecule has 0 atom stereocenters. The molecule has 2 amide bonds. The topological polar surface area (TPSA) is 79.4 Å². The second-order valence-corrected chi connectivity index (χ2v) is 7.70. The Bertz CT molecular complexity index is 1360. The molecule has 3 aromatic carbocycles. The number of ether oxygens (including phenoxy) is 1. The number of fused-ring (bicyclic) bond motifs is 1. The third-order valence-corrected chi connectivity index (χ3v) is 4.64. The Morgan fingerprint density at radius 1 is 0.882 bits per heavy atom. The molecule has 2 N–H and O–H groups in total. The van der Waals surface area contributed by atoms with E-state index in [-0.39, 0.29) is 17.1 Å². The number of urea groups is 1. The minimum absolute atomic E-state index is 0.0463. The minimum Gasteiger partial charge on any atom is -0.454 e. The first kappa shape index (κ1) is 23.0. The van der Waals surface area contributed by atoms with Gasteiger partial charge in [0.15, 0.2) is 23.2 Å². The molecule has 7 nitrogen and oxygen atoms in total. The molecule has 0 bridgehead atoms. The molecule has 0 unspecified atom stereocenters. The van der Waals surface area contributed by atoms with Crippen LogP contribution in [-0.4, -0.2) is 35.0 Å². The van der Waals surface area contributed by atoms with Gasteiger partial charge in [0.25, 0.3) is 0 Å². The zero-order chi connectivity index (χ0) is 24.2. The second-order valence-electron chi connectivity index (χ2n) is 7.70. The summed E-state index contributed by atoms with van der Waals surface area (Å²) < 4.78 is 46.5. The molecule has 0 saturated carbocycles. The molecule has 0 saturated heterocycles. The summed E-state index contributed by atoms with van der Waals surface area (Å²) in [5, 5.41) is 4.76. The van der Waals surface area contributed by atoms with Gasteiger partial charge >= 0.3 is 6.03 Å². The zero-order valence-corrected chi connectivity index (χ0v) is 18.3. The Hall–Kier alpha value is -4.18. The molecular formula is C24H20F3N5O2. The minimum atomic E-state index is -1.10. The maximum atomic E-state index is 14.6. The van der Waals surface area contributed by atoms with Gasteiger partial charge in [-0.3, -0.25) is 4.98 Å². The van der Waals surface area contributed by atoms with Crippen molar-refractivity contribution in [2.24, 2.45) is 0 Å². The van der Waals surface area contributed by atoms with Gasteiger partial charge in [-0.05, 0) is 50.5 Å². The van der Waals surface area contributed by atoms with E-state index in [0.717, 1.165) is 23.9 Å². The highest BCUT2D eigenvalue weighted by atomic mass is 19.2. The quantitative estimate of drug-likeness (QED) is 0.389. The Morgan fingerprint density at radius 3 is 2.26 bits per heavy atom. The predicted octanol–water partition coefficient (Wildman–Crippen LogP) is 5.55. The van der Waals surface area contributed by atoms with E-state index >= 15 is 0 Å². The molecule has 34 heavy (non-hydrogen) atoms. The van der Waals surface area contributed by atoms with Crippen LogP contribution in [0.25, 0.3) is 11.0 Å². The van der Waals surface area contributed by atoms with Gasteiger partial charge < -0.3 is 20.3 Å². The maximum absolute atomic E-state index is 14.6. The average molecular weight is 467 g/mol. The summed E-state index contributed by atoms with van der Waals surface area (Å²) in [6.07, 6.45) is 1.71. The lowest BCUT2D eigenvalue weighted by Crippen LogP contribution is -2.19. The van der Waals surface area contributed by atoms with Crippen LogP contribution < -0.4 is 15.4 Å². The molecule has 0 aliphatic carbocycles. The maximum Gasteiger partial charge on any atom is 0.323 e. The molecule has 0 fully saturated rings. The first-order valence-corrected chi connectivity index (χ1v) is 10.2. The van der Waals surface area contributed by atoms with Crippen molar-refractivity contribution in [3.8, 4) is 11.5 Å². The van der Waals surface area contributed by atoms with Crippen molar-refractivity contribution in [3.05, 3.63) is 83.9 Å².